The molecule has 2 heterocycles. The van der Waals surface area contributed by atoms with E-state index < -0.39 is 11.7 Å². The van der Waals surface area contributed by atoms with Crippen LogP contribution in [0.1, 0.15) is 22.2 Å². The molecule has 1 aliphatic heterocycles. The van der Waals surface area contributed by atoms with Gasteiger partial charge in [-0.2, -0.15) is 0 Å². The van der Waals surface area contributed by atoms with E-state index in [1.54, 1.807) is 24.3 Å². The van der Waals surface area contributed by atoms with E-state index in [4.69, 9.17) is 9.47 Å². The molecular formula is C15H13FN2O3. The second-order valence-electron chi connectivity index (χ2n) is 4.51. The van der Waals surface area contributed by atoms with Crippen LogP contribution in [0.2, 0.25) is 0 Å². The zero-order valence-electron chi connectivity index (χ0n) is 11.1. The van der Waals surface area contributed by atoms with Crippen molar-refractivity contribution >= 4 is 11.6 Å². The van der Waals surface area contributed by atoms with E-state index in [9.17, 15) is 9.18 Å². The van der Waals surface area contributed by atoms with Crippen molar-refractivity contribution in [3.8, 4) is 0 Å². The summed E-state index contributed by atoms with van der Waals surface area (Å²) < 4.78 is 24.2. The Bertz CT molecular complexity index is 640. The number of hydrogen-bond donors (Lipinski definition) is 1. The fourth-order valence-corrected chi connectivity index (χ4v) is 2.03. The molecule has 1 amide bonds. The normalized spacial score (nSPS) is 15.1. The molecule has 3 rings (SSSR count). The highest BCUT2D eigenvalue weighted by atomic mass is 19.1. The largest absolute Gasteiger partial charge is 0.346 e. The highest BCUT2D eigenvalue weighted by Crippen LogP contribution is 2.24. The number of ether oxygens (including phenoxy) is 2. The smallest absolute Gasteiger partial charge is 0.258 e. The molecule has 1 N–H and O–H groups in total. The third-order valence-corrected chi connectivity index (χ3v) is 3.08. The maximum atomic E-state index is 13.5. The molecule has 0 unspecified atom stereocenters. The van der Waals surface area contributed by atoms with Gasteiger partial charge in [-0.15, -0.1) is 0 Å². The Labute approximate surface area is 120 Å². The zero-order valence-corrected chi connectivity index (χ0v) is 11.1. The summed E-state index contributed by atoms with van der Waals surface area (Å²) in [6.07, 6.45) is 2.02. The monoisotopic (exact) mass is 288 g/mol. The van der Waals surface area contributed by atoms with Crippen molar-refractivity contribution in [2.45, 2.75) is 6.29 Å². The average molecular weight is 288 g/mol. The first-order valence-electron chi connectivity index (χ1n) is 6.48. The molecule has 1 aliphatic rings. The number of benzene rings is 1. The fraction of sp³-hybridized carbons (Fsp3) is 0.200. The lowest BCUT2D eigenvalue weighted by molar-refractivity contribution is -0.0441. The van der Waals surface area contributed by atoms with Crippen LogP contribution in [0.3, 0.4) is 0 Å². The maximum Gasteiger partial charge on any atom is 0.258 e. The predicted molar refractivity (Wildman–Crippen MR) is 73.2 cm³/mol. The molecule has 21 heavy (non-hydrogen) atoms. The quantitative estimate of drug-likeness (QED) is 0.942. The predicted octanol–water partition coefficient (Wildman–Crippen LogP) is 2.52. The third kappa shape index (κ3) is 3.07. The summed E-state index contributed by atoms with van der Waals surface area (Å²) >= 11 is 0. The summed E-state index contributed by atoms with van der Waals surface area (Å²) in [4.78, 5) is 15.6. The number of nitrogens with zero attached hydrogens (tertiary/aromatic N) is 1. The van der Waals surface area contributed by atoms with E-state index in [-0.39, 0.29) is 11.9 Å². The minimum Gasteiger partial charge on any atom is -0.346 e. The van der Waals surface area contributed by atoms with Gasteiger partial charge in [-0.05, 0) is 18.2 Å². The van der Waals surface area contributed by atoms with Crippen LogP contribution in [0.5, 0.6) is 0 Å². The third-order valence-electron chi connectivity index (χ3n) is 3.08. The minimum absolute atomic E-state index is 0.0449. The average Bonchev–Trinajstić information content (AvgIpc) is 3.02. The Balaban J connectivity index is 1.70. The van der Waals surface area contributed by atoms with Crippen molar-refractivity contribution in [3.63, 3.8) is 0 Å². The highest BCUT2D eigenvalue weighted by molar-refractivity contribution is 6.04. The SMILES string of the molecule is O=C(Nc1ccc(C2OCCO2)cc1)c1ccncc1F. The van der Waals surface area contributed by atoms with Gasteiger partial charge in [0.1, 0.15) is 0 Å². The summed E-state index contributed by atoms with van der Waals surface area (Å²) in [5, 5.41) is 2.63. The van der Waals surface area contributed by atoms with Crippen LogP contribution in [0.25, 0.3) is 0 Å². The van der Waals surface area contributed by atoms with Crippen molar-refractivity contribution in [2.24, 2.45) is 0 Å². The second kappa shape index (κ2) is 5.99. The zero-order chi connectivity index (χ0) is 14.7. The van der Waals surface area contributed by atoms with Crippen LogP contribution in [0.4, 0.5) is 10.1 Å². The number of halogens is 1. The standard InChI is InChI=1S/C15H13FN2O3/c16-13-9-17-6-5-12(13)14(19)18-11-3-1-10(2-4-11)15-20-7-8-21-15/h1-6,9,15H,7-8H2,(H,18,19). The molecule has 1 saturated heterocycles. The number of pyridine rings is 1. The van der Waals surface area contributed by atoms with Gasteiger partial charge in [0.25, 0.3) is 5.91 Å². The Morgan fingerprint density at radius 2 is 1.90 bits per heavy atom. The molecule has 0 bridgehead atoms. The number of amides is 1. The lowest BCUT2D eigenvalue weighted by atomic mass is 10.2. The minimum atomic E-state index is -0.653. The molecular weight excluding hydrogens is 275 g/mol. The Kier molecular flexibility index (Phi) is 3.89. The first kappa shape index (κ1) is 13.7. The number of rotatable bonds is 3. The summed E-state index contributed by atoms with van der Waals surface area (Å²) in [7, 11) is 0. The van der Waals surface area contributed by atoms with Gasteiger partial charge in [-0.1, -0.05) is 12.1 Å². The van der Waals surface area contributed by atoms with Gasteiger partial charge in [-0.25, -0.2) is 4.39 Å². The highest BCUT2D eigenvalue weighted by Gasteiger charge is 2.18. The van der Waals surface area contributed by atoms with Gasteiger partial charge in [0.15, 0.2) is 12.1 Å². The summed E-state index contributed by atoms with van der Waals surface area (Å²) in [5.41, 5.74) is 1.40. The molecule has 1 fully saturated rings. The van der Waals surface area contributed by atoms with Crippen LogP contribution in [-0.4, -0.2) is 24.1 Å². The number of aromatic nitrogens is 1. The van der Waals surface area contributed by atoms with Crippen molar-refractivity contribution < 1.29 is 18.7 Å². The van der Waals surface area contributed by atoms with Crippen molar-refractivity contribution in [1.82, 2.24) is 4.98 Å². The molecule has 108 valence electrons. The van der Waals surface area contributed by atoms with Crippen molar-refractivity contribution in [3.05, 3.63) is 59.7 Å². The summed E-state index contributed by atoms with van der Waals surface area (Å²) in [6, 6.07) is 8.37. The Hall–Kier alpha value is -2.31. The van der Waals surface area contributed by atoms with Crippen LogP contribution < -0.4 is 5.32 Å². The molecule has 1 aromatic carbocycles. The van der Waals surface area contributed by atoms with Gasteiger partial charge in [-0.3, -0.25) is 9.78 Å². The second-order valence-corrected chi connectivity index (χ2v) is 4.51. The number of nitrogens with one attached hydrogen (secondary N) is 1. The van der Waals surface area contributed by atoms with Crippen molar-refractivity contribution in [2.75, 3.05) is 18.5 Å². The van der Waals surface area contributed by atoms with E-state index in [1.165, 1.54) is 12.3 Å². The molecule has 2 aromatic rings. The first-order chi connectivity index (χ1) is 10.2. The summed E-state index contributed by atoms with van der Waals surface area (Å²) in [6.45, 7) is 1.15. The van der Waals surface area contributed by atoms with E-state index in [0.29, 0.717) is 18.9 Å². The first-order valence-corrected chi connectivity index (χ1v) is 6.48. The molecule has 0 atom stereocenters. The lowest BCUT2D eigenvalue weighted by Crippen LogP contribution is -2.14. The van der Waals surface area contributed by atoms with Crippen molar-refractivity contribution in [1.29, 1.82) is 0 Å². The molecule has 6 heteroatoms. The number of carbonyl (C=O) groups excluding carboxylic acids is 1. The molecule has 0 aliphatic carbocycles. The van der Waals surface area contributed by atoms with E-state index >= 15 is 0 Å². The Morgan fingerprint density at radius 3 is 2.57 bits per heavy atom. The van der Waals surface area contributed by atoms with Gasteiger partial charge in [0.2, 0.25) is 0 Å². The van der Waals surface area contributed by atoms with Gasteiger partial charge < -0.3 is 14.8 Å². The van der Waals surface area contributed by atoms with E-state index in [0.717, 1.165) is 11.8 Å². The topological polar surface area (TPSA) is 60.5 Å². The Morgan fingerprint density at radius 1 is 1.19 bits per heavy atom. The summed E-state index contributed by atoms with van der Waals surface area (Å²) in [5.74, 6) is -1.17. The molecule has 1 aromatic heterocycles. The van der Waals surface area contributed by atoms with Crippen LogP contribution in [0.15, 0.2) is 42.7 Å². The van der Waals surface area contributed by atoms with Crippen LogP contribution in [0, 0.1) is 5.82 Å². The molecule has 0 radical (unpaired) electrons. The van der Waals surface area contributed by atoms with E-state index in [1.807, 2.05) is 0 Å². The molecule has 5 nitrogen and oxygen atoms in total. The lowest BCUT2D eigenvalue weighted by Gasteiger charge is -2.10. The van der Waals surface area contributed by atoms with Gasteiger partial charge >= 0.3 is 0 Å². The van der Waals surface area contributed by atoms with Crippen LogP contribution >= 0.6 is 0 Å². The maximum absolute atomic E-state index is 13.5. The van der Waals surface area contributed by atoms with E-state index in [2.05, 4.69) is 10.3 Å². The van der Waals surface area contributed by atoms with Gasteiger partial charge in [0.05, 0.1) is 25.0 Å². The number of carbonyl (C=O) groups is 1. The molecule has 0 spiro atoms. The van der Waals surface area contributed by atoms with Gasteiger partial charge in [0, 0.05) is 17.4 Å². The van der Waals surface area contributed by atoms with Crippen LogP contribution in [-0.2, 0) is 9.47 Å². The fourth-order valence-electron chi connectivity index (χ4n) is 2.03. The number of hydrogen-bond acceptors (Lipinski definition) is 4. The number of anilines is 1. The molecule has 0 saturated carbocycles.